The molecule has 0 aliphatic carbocycles. The van der Waals surface area contributed by atoms with Crippen LogP contribution in [0, 0.1) is 6.92 Å². The first-order valence-electron chi connectivity index (χ1n) is 5.95. The van der Waals surface area contributed by atoms with E-state index in [1.807, 2.05) is 25.1 Å². The Morgan fingerprint density at radius 1 is 1.33 bits per heavy atom. The Morgan fingerprint density at radius 3 is 2.94 bits per heavy atom. The maximum Gasteiger partial charge on any atom is 0.243 e. The number of aromatic nitrogens is 1. The molecule has 1 unspecified atom stereocenters. The third kappa shape index (κ3) is 1.78. The van der Waals surface area contributed by atoms with Gasteiger partial charge in [0, 0.05) is 34.7 Å². The molecule has 3 rings (SSSR count). The Labute approximate surface area is 110 Å². The molecule has 0 radical (unpaired) electrons. The summed E-state index contributed by atoms with van der Waals surface area (Å²) in [5.41, 5.74) is 3.00. The average molecular weight is 264 g/mol. The topological polar surface area (TPSA) is 56.9 Å². The van der Waals surface area contributed by atoms with Crippen molar-refractivity contribution in [3.05, 3.63) is 34.5 Å². The minimum atomic E-state index is -0.301. The van der Waals surface area contributed by atoms with Crippen LogP contribution >= 0.6 is 11.6 Å². The Morgan fingerprint density at radius 2 is 2.17 bits per heavy atom. The third-order valence-corrected chi connectivity index (χ3v) is 3.62. The number of halogens is 1. The molecule has 1 amide bonds. The van der Waals surface area contributed by atoms with Crippen LogP contribution in [0.2, 0.25) is 5.02 Å². The van der Waals surface area contributed by atoms with Gasteiger partial charge in [-0.2, -0.15) is 0 Å². The summed E-state index contributed by atoms with van der Waals surface area (Å²) in [6, 6.07) is 5.41. The number of piperazine rings is 1. The van der Waals surface area contributed by atoms with Crippen LogP contribution in [0.1, 0.15) is 17.3 Å². The number of carbonyl (C=O) groups is 1. The highest BCUT2D eigenvalue weighted by Crippen LogP contribution is 2.28. The molecule has 1 aliphatic rings. The van der Waals surface area contributed by atoms with Crippen molar-refractivity contribution in [3.8, 4) is 0 Å². The van der Waals surface area contributed by atoms with Gasteiger partial charge in [0.1, 0.15) is 6.04 Å². The third-order valence-electron chi connectivity index (χ3n) is 3.38. The summed E-state index contributed by atoms with van der Waals surface area (Å²) in [4.78, 5) is 15.2. The van der Waals surface area contributed by atoms with Crippen LogP contribution in [0.25, 0.3) is 10.9 Å². The number of rotatable bonds is 1. The van der Waals surface area contributed by atoms with Crippen LogP contribution < -0.4 is 10.6 Å². The predicted octanol–water partition coefficient (Wildman–Crippen LogP) is 1.89. The van der Waals surface area contributed by atoms with Crippen LogP contribution in [-0.4, -0.2) is 24.0 Å². The number of H-pyrrole nitrogens is 1. The minimum Gasteiger partial charge on any atom is -0.356 e. The van der Waals surface area contributed by atoms with Crippen molar-refractivity contribution in [1.29, 1.82) is 0 Å². The van der Waals surface area contributed by atoms with E-state index in [1.54, 1.807) is 0 Å². The second-order valence-electron chi connectivity index (χ2n) is 4.53. The summed E-state index contributed by atoms with van der Waals surface area (Å²) in [5, 5.41) is 7.86. The van der Waals surface area contributed by atoms with E-state index in [4.69, 9.17) is 11.6 Å². The molecule has 1 fully saturated rings. The molecule has 3 N–H and O–H groups in total. The number of nitrogens with one attached hydrogen (secondary N) is 3. The van der Waals surface area contributed by atoms with Crippen molar-refractivity contribution in [2.75, 3.05) is 13.1 Å². The molecule has 1 atom stereocenters. The summed E-state index contributed by atoms with van der Waals surface area (Å²) in [6.07, 6.45) is 0. The highest BCUT2D eigenvalue weighted by Gasteiger charge is 2.26. The lowest BCUT2D eigenvalue weighted by Gasteiger charge is -2.23. The molecule has 1 aromatic carbocycles. The van der Waals surface area contributed by atoms with E-state index in [9.17, 15) is 4.79 Å². The smallest absolute Gasteiger partial charge is 0.243 e. The minimum absolute atomic E-state index is 0.0157. The van der Waals surface area contributed by atoms with Crippen LogP contribution in [0.3, 0.4) is 0 Å². The van der Waals surface area contributed by atoms with Gasteiger partial charge in [-0.05, 0) is 30.7 Å². The molecule has 1 aromatic heterocycles. The number of carbonyl (C=O) groups excluding carboxylic acids is 1. The number of aryl methyl sites for hydroxylation is 1. The van der Waals surface area contributed by atoms with Crippen molar-refractivity contribution < 1.29 is 4.79 Å². The summed E-state index contributed by atoms with van der Waals surface area (Å²) < 4.78 is 0. The van der Waals surface area contributed by atoms with E-state index in [0.29, 0.717) is 11.6 Å². The quantitative estimate of drug-likeness (QED) is 0.736. The lowest BCUT2D eigenvalue weighted by molar-refractivity contribution is -0.124. The second-order valence-corrected chi connectivity index (χ2v) is 4.97. The van der Waals surface area contributed by atoms with Crippen LogP contribution in [0.15, 0.2) is 18.2 Å². The van der Waals surface area contributed by atoms with Crippen LogP contribution in [-0.2, 0) is 4.79 Å². The van der Waals surface area contributed by atoms with Crippen LogP contribution in [0.5, 0.6) is 0 Å². The maximum atomic E-state index is 11.9. The normalized spacial score (nSPS) is 20.1. The molecule has 94 valence electrons. The molecule has 18 heavy (non-hydrogen) atoms. The first kappa shape index (κ1) is 11.6. The fourth-order valence-corrected chi connectivity index (χ4v) is 2.61. The molecular formula is C13H14ClN3O. The van der Waals surface area contributed by atoms with Crippen molar-refractivity contribution in [1.82, 2.24) is 15.6 Å². The molecule has 2 heterocycles. The zero-order valence-electron chi connectivity index (χ0n) is 10.0. The Balaban J connectivity index is 2.11. The van der Waals surface area contributed by atoms with Crippen LogP contribution in [0.4, 0.5) is 0 Å². The van der Waals surface area contributed by atoms with Gasteiger partial charge in [-0.15, -0.1) is 0 Å². The van der Waals surface area contributed by atoms with Crippen molar-refractivity contribution in [2.45, 2.75) is 13.0 Å². The Kier molecular flexibility index (Phi) is 2.76. The summed E-state index contributed by atoms with van der Waals surface area (Å²) in [7, 11) is 0. The summed E-state index contributed by atoms with van der Waals surface area (Å²) in [5.74, 6) is 0.0157. The van der Waals surface area contributed by atoms with E-state index in [-0.39, 0.29) is 11.9 Å². The average Bonchev–Trinajstić information content (AvgIpc) is 2.68. The van der Waals surface area contributed by atoms with Gasteiger partial charge in [-0.25, -0.2) is 0 Å². The molecule has 4 nitrogen and oxygen atoms in total. The lowest BCUT2D eigenvalue weighted by Crippen LogP contribution is -2.47. The fourth-order valence-electron chi connectivity index (χ4n) is 2.44. The zero-order chi connectivity index (χ0) is 12.7. The first-order chi connectivity index (χ1) is 8.66. The van der Waals surface area contributed by atoms with E-state index < -0.39 is 0 Å². The van der Waals surface area contributed by atoms with Crippen molar-refractivity contribution >= 4 is 28.4 Å². The number of hydrogen-bond donors (Lipinski definition) is 3. The van der Waals surface area contributed by atoms with Gasteiger partial charge in [0.15, 0.2) is 0 Å². The van der Waals surface area contributed by atoms with Gasteiger partial charge < -0.3 is 10.3 Å². The zero-order valence-corrected chi connectivity index (χ0v) is 10.8. The Hall–Kier alpha value is -1.52. The van der Waals surface area contributed by atoms with Gasteiger partial charge in [-0.3, -0.25) is 10.1 Å². The van der Waals surface area contributed by atoms with Crippen molar-refractivity contribution in [2.24, 2.45) is 0 Å². The number of aromatic amines is 1. The molecule has 2 aromatic rings. The van der Waals surface area contributed by atoms with Gasteiger partial charge in [0.25, 0.3) is 0 Å². The predicted molar refractivity (Wildman–Crippen MR) is 71.8 cm³/mol. The first-order valence-corrected chi connectivity index (χ1v) is 6.33. The lowest BCUT2D eigenvalue weighted by atomic mass is 10.1. The molecule has 1 aliphatic heterocycles. The second kappa shape index (κ2) is 4.30. The van der Waals surface area contributed by atoms with Gasteiger partial charge in [0.05, 0.1) is 0 Å². The standard InChI is InChI=1S/C13H14ClN3O/c1-7-9-6-8(14)2-3-10(9)17-11(7)12-13(18)16-5-4-15-12/h2-3,6,12,15,17H,4-5H2,1H3,(H,16,18). The highest BCUT2D eigenvalue weighted by molar-refractivity contribution is 6.31. The number of benzene rings is 1. The molecule has 0 bridgehead atoms. The summed E-state index contributed by atoms with van der Waals surface area (Å²) in [6.45, 7) is 3.47. The molecular weight excluding hydrogens is 250 g/mol. The maximum absolute atomic E-state index is 11.9. The highest BCUT2D eigenvalue weighted by atomic mass is 35.5. The van der Waals surface area contributed by atoms with E-state index in [1.165, 1.54) is 0 Å². The molecule has 0 saturated carbocycles. The fraction of sp³-hybridized carbons (Fsp3) is 0.308. The summed E-state index contributed by atoms with van der Waals surface area (Å²) >= 11 is 6.01. The monoisotopic (exact) mass is 263 g/mol. The van der Waals surface area contributed by atoms with E-state index >= 15 is 0 Å². The SMILES string of the molecule is Cc1c(C2NCCNC2=O)[nH]c2ccc(Cl)cc12. The van der Waals surface area contributed by atoms with Gasteiger partial charge in [-0.1, -0.05) is 11.6 Å². The molecule has 1 saturated heterocycles. The largest absolute Gasteiger partial charge is 0.356 e. The van der Waals surface area contributed by atoms with Gasteiger partial charge in [0.2, 0.25) is 5.91 Å². The molecule has 0 spiro atoms. The number of fused-ring (bicyclic) bond motifs is 1. The number of amides is 1. The van der Waals surface area contributed by atoms with Crippen molar-refractivity contribution in [3.63, 3.8) is 0 Å². The van der Waals surface area contributed by atoms with E-state index in [0.717, 1.165) is 28.7 Å². The molecule has 5 heteroatoms. The number of hydrogen-bond acceptors (Lipinski definition) is 2. The van der Waals surface area contributed by atoms with E-state index in [2.05, 4.69) is 15.6 Å². The van der Waals surface area contributed by atoms with Gasteiger partial charge >= 0.3 is 0 Å². The Bertz CT molecular complexity index is 620.